The summed E-state index contributed by atoms with van der Waals surface area (Å²) in [4.78, 5) is 23.2. The molecule has 0 radical (unpaired) electrons. The predicted octanol–water partition coefficient (Wildman–Crippen LogP) is 1.55. The fourth-order valence-corrected chi connectivity index (χ4v) is 2.64. The van der Waals surface area contributed by atoms with E-state index in [1.165, 1.54) is 0 Å². The summed E-state index contributed by atoms with van der Waals surface area (Å²) in [7, 11) is -3.60. The maximum Gasteiger partial charge on any atom is 0.335 e. The highest BCUT2D eigenvalue weighted by atomic mass is 32.2. The smallest absolute Gasteiger partial charge is 0.335 e. The summed E-state index contributed by atoms with van der Waals surface area (Å²) < 4.78 is 29.3. The normalized spacial score (nSPS) is 11.0. The van der Waals surface area contributed by atoms with Crippen molar-refractivity contribution in [3.05, 3.63) is 54.6 Å². The largest absolute Gasteiger partial charge is 0.423 e. The second-order valence-electron chi connectivity index (χ2n) is 4.87. The average molecular weight is 333 g/mol. The van der Waals surface area contributed by atoms with Crippen LogP contribution in [0.5, 0.6) is 5.75 Å². The number of benzene rings is 2. The Labute approximate surface area is 133 Å². The molecule has 0 aromatic heterocycles. The average Bonchev–Trinajstić information content (AvgIpc) is 2.46. The molecule has 0 unspecified atom stereocenters. The number of carbonyl (C=O) groups excluding carboxylic acids is 2. The summed E-state index contributed by atoms with van der Waals surface area (Å²) in [5, 5.41) is 1.35. The van der Waals surface area contributed by atoms with Crippen molar-refractivity contribution in [3.63, 3.8) is 0 Å². The summed E-state index contributed by atoms with van der Waals surface area (Å²) in [6.45, 7) is 3.34. The van der Waals surface area contributed by atoms with Crippen LogP contribution in [0.4, 0.5) is 0 Å². The minimum Gasteiger partial charge on any atom is -0.423 e. The van der Waals surface area contributed by atoms with E-state index in [0.717, 1.165) is 12.3 Å². The zero-order valence-corrected chi connectivity index (χ0v) is 13.2. The molecule has 7 heteroatoms. The molecule has 2 aromatic carbocycles. The van der Waals surface area contributed by atoms with Crippen molar-refractivity contribution in [2.45, 2.75) is 6.42 Å². The Bertz CT molecular complexity index is 886. The Kier molecular flexibility index (Phi) is 4.80. The van der Waals surface area contributed by atoms with Gasteiger partial charge in [0.15, 0.2) is 0 Å². The fourth-order valence-electron chi connectivity index (χ4n) is 2.16. The quantitative estimate of drug-likeness (QED) is 0.509. The predicted molar refractivity (Wildman–Crippen MR) is 86.5 cm³/mol. The van der Waals surface area contributed by atoms with Crippen molar-refractivity contribution in [1.29, 1.82) is 0 Å². The van der Waals surface area contributed by atoms with Crippen molar-refractivity contribution < 1.29 is 22.7 Å². The Balaban J connectivity index is 2.39. The first-order valence-corrected chi connectivity index (χ1v) is 8.55. The topological polar surface area (TPSA) is 89.5 Å². The number of ether oxygens (including phenoxy) is 1. The van der Waals surface area contributed by atoms with Crippen LogP contribution in [-0.2, 0) is 26.0 Å². The van der Waals surface area contributed by atoms with Crippen LogP contribution in [0.25, 0.3) is 10.8 Å². The maximum atomic E-state index is 11.8. The van der Waals surface area contributed by atoms with Crippen molar-refractivity contribution in [2.24, 2.45) is 0 Å². The molecule has 0 heterocycles. The first kappa shape index (κ1) is 16.7. The van der Waals surface area contributed by atoms with Gasteiger partial charge in [-0.3, -0.25) is 9.52 Å². The molecule has 6 nitrogen and oxygen atoms in total. The Hall–Kier alpha value is -2.67. The summed E-state index contributed by atoms with van der Waals surface area (Å²) in [5.41, 5.74) is 0.625. The zero-order valence-electron chi connectivity index (χ0n) is 12.4. The molecule has 2 aromatic rings. The van der Waals surface area contributed by atoms with Crippen molar-refractivity contribution in [3.8, 4) is 5.75 Å². The van der Waals surface area contributed by atoms with E-state index in [1.54, 1.807) is 36.4 Å². The highest BCUT2D eigenvalue weighted by Crippen LogP contribution is 2.28. The van der Waals surface area contributed by atoms with Crippen LogP contribution in [0.3, 0.4) is 0 Å². The van der Waals surface area contributed by atoms with E-state index in [1.807, 2.05) is 4.72 Å². The van der Waals surface area contributed by atoms with Gasteiger partial charge in [0.25, 0.3) is 0 Å². The molecule has 0 aliphatic heterocycles. The SMILES string of the molecule is C=CC(=O)Oc1cccc2c(CC(=O)NS(C)(=O)=O)cccc12. The zero-order chi connectivity index (χ0) is 17.0. The van der Waals surface area contributed by atoms with Gasteiger partial charge in [0.05, 0.1) is 12.7 Å². The molecule has 23 heavy (non-hydrogen) atoms. The molecule has 0 saturated carbocycles. The monoisotopic (exact) mass is 333 g/mol. The van der Waals surface area contributed by atoms with Crippen molar-refractivity contribution in [2.75, 3.05) is 6.26 Å². The minimum absolute atomic E-state index is 0.108. The van der Waals surface area contributed by atoms with E-state index in [9.17, 15) is 18.0 Å². The second kappa shape index (κ2) is 6.62. The lowest BCUT2D eigenvalue weighted by atomic mass is 10.0. The van der Waals surface area contributed by atoms with Crippen LogP contribution in [0, 0.1) is 0 Å². The Morgan fingerprint density at radius 2 is 1.83 bits per heavy atom. The van der Waals surface area contributed by atoms with Crippen molar-refractivity contribution in [1.82, 2.24) is 4.72 Å². The molecule has 1 N–H and O–H groups in total. The molecule has 0 spiro atoms. The number of sulfonamides is 1. The fraction of sp³-hybridized carbons (Fsp3) is 0.125. The van der Waals surface area contributed by atoms with Gasteiger partial charge in [-0.25, -0.2) is 13.2 Å². The third kappa shape index (κ3) is 4.40. The molecule has 1 amide bonds. The van der Waals surface area contributed by atoms with E-state index in [4.69, 9.17) is 4.74 Å². The van der Waals surface area contributed by atoms with E-state index < -0.39 is 21.9 Å². The van der Waals surface area contributed by atoms with Gasteiger partial charge in [-0.1, -0.05) is 36.9 Å². The lowest BCUT2D eigenvalue weighted by Crippen LogP contribution is -2.30. The Morgan fingerprint density at radius 1 is 1.17 bits per heavy atom. The number of amides is 1. The molecule has 0 aliphatic carbocycles. The second-order valence-corrected chi connectivity index (χ2v) is 6.62. The van der Waals surface area contributed by atoms with Gasteiger partial charge in [0, 0.05) is 11.5 Å². The van der Waals surface area contributed by atoms with Crippen LogP contribution in [0.1, 0.15) is 5.56 Å². The lowest BCUT2D eigenvalue weighted by Gasteiger charge is -2.10. The van der Waals surface area contributed by atoms with Crippen LogP contribution in [0.2, 0.25) is 0 Å². The van der Waals surface area contributed by atoms with Crippen LogP contribution < -0.4 is 9.46 Å². The lowest BCUT2D eigenvalue weighted by molar-refractivity contribution is -0.128. The number of rotatable bonds is 5. The van der Waals surface area contributed by atoms with Gasteiger partial charge in [-0.05, 0) is 17.0 Å². The summed E-state index contributed by atoms with van der Waals surface area (Å²) in [6, 6.07) is 10.2. The number of hydrogen-bond acceptors (Lipinski definition) is 5. The number of hydrogen-bond donors (Lipinski definition) is 1. The van der Waals surface area contributed by atoms with Gasteiger partial charge < -0.3 is 4.74 Å². The van der Waals surface area contributed by atoms with Crippen LogP contribution in [-0.4, -0.2) is 26.6 Å². The Morgan fingerprint density at radius 3 is 2.48 bits per heavy atom. The number of carbonyl (C=O) groups is 2. The molecule has 2 rings (SSSR count). The number of nitrogens with one attached hydrogen (secondary N) is 1. The van der Waals surface area contributed by atoms with Gasteiger partial charge in [0.1, 0.15) is 5.75 Å². The van der Waals surface area contributed by atoms with Crippen LogP contribution in [0.15, 0.2) is 49.1 Å². The highest BCUT2D eigenvalue weighted by molar-refractivity contribution is 7.89. The number of esters is 1. The summed E-state index contributed by atoms with van der Waals surface area (Å²) in [5.74, 6) is -0.871. The van der Waals surface area contributed by atoms with Crippen molar-refractivity contribution >= 4 is 32.7 Å². The van der Waals surface area contributed by atoms with Gasteiger partial charge in [0.2, 0.25) is 15.9 Å². The third-order valence-corrected chi connectivity index (χ3v) is 3.60. The van der Waals surface area contributed by atoms with E-state index in [-0.39, 0.29) is 6.42 Å². The maximum absolute atomic E-state index is 11.8. The first-order valence-electron chi connectivity index (χ1n) is 6.65. The molecule has 0 atom stereocenters. The van der Waals surface area contributed by atoms with E-state index in [0.29, 0.717) is 22.1 Å². The molecule has 0 fully saturated rings. The number of fused-ring (bicyclic) bond motifs is 1. The van der Waals surface area contributed by atoms with Gasteiger partial charge in [-0.15, -0.1) is 0 Å². The molecule has 0 aliphatic rings. The van der Waals surface area contributed by atoms with Gasteiger partial charge >= 0.3 is 5.97 Å². The van der Waals surface area contributed by atoms with Crippen LogP contribution >= 0.6 is 0 Å². The van der Waals surface area contributed by atoms with Gasteiger partial charge in [-0.2, -0.15) is 0 Å². The third-order valence-electron chi connectivity index (χ3n) is 3.00. The standard InChI is InChI=1S/C16H15NO5S/c1-3-16(19)22-14-9-5-7-12-11(6-4-8-13(12)14)10-15(18)17-23(2,20)21/h3-9H,1,10H2,2H3,(H,17,18). The molecule has 120 valence electrons. The molecule has 0 saturated heterocycles. The summed E-state index contributed by atoms with van der Waals surface area (Å²) >= 11 is 0. The summed E-state index contributed by atoms with van der Waals surface area (Å²) in [6.07, 6.45) is 1.87. The van der Waals surface area contributed by atoms with E-state index >= 15 is 0 Å². The van der Waals surface area contributed by atoms with E-state index in [2.05, 4.69) is 6.58 Å². The molecular weight excluding hydrogens is 318 g/mol. The molecular formula is C16H15NO5S. The minimum atomic E-state index is -3.60. The highest BCUT2D eigenvalue weighted by Gasteiger charge is 2.13. The molecule has 0 bridgehead atoms. The first-order chi connectivity index (χ1) is 10.8.